The molecule has 5 nitrogen and oxygen atoms in total. The SMILES string of the molecule is CC(C(=O)O)N(CC(=O)N(C)Cc1ccc(Cl)s1)C1CC1. The Morgan fingerprint density at radius 2 is 2.14 bits per heavy atom. The second-order valence-corrected chi connectivity index (χ2v) is 7.17. The van der Waals surface area contributed by atoms with Crippen molar-refractivity contribution in [2.75, 3.05) is 13.6 Å². The number of likely N-dealkylation sites (N-methyl/N-ethyl adjacent to an activating group) is 1. The van der Waals surface area contributed by atoms with Crippen LogP contribution in [-0.2, 0) is 16.1 Å². The van der Waals surface area contributed by atoms with E-state index in [0.29, 0.717) is 10.9 Å². The predicted molar refractivity (Wildman–Crippen MR) is 82.6 cm³/mol. The standard InChI is InChI=1S/C14H19ClN2O3S/c1-9(14(19)20)17(10-3-4-10)8-13(18)16(2)7-11-5-6-12(15)21-11/h5-6,9-10H,3-4,7-8H2,1-2H3,(H,19,20). The molecule has 0 bridgehead atoms. The molecule has 1 aromatic heterocycles. The molecule has 21 heavy (non-hydrogen) atoms. The van der Waals surface area contributed by atoms with Crippen LogP contribution in [0.5, 0.6) is 0 Å². The summed E-state index contributed by atoms with van der Waals surface area (Å²) in [7, 11) is 1.73. The summed E-state index contributed by atoms with van der Waals surface area (Å²) < 4.78 is 0.699. The summed E-state index contributed by atoms with van der Waals surface area (Å²) >= 11 is 7.32. The zero-order chi connectivity index (χ0) is 15.6. The fourth-order valence-electron chi connectivity index (χ4n) is 2.17. The first-order valence-corrected chi connectivity index (χ1v) is 8.04. The molecule has 0 saturated heterocycles. The van der Waals surface area contributed by atoms with Crippen LogP contribution >= 0.6 is 22.9 Å². The summed E-state index contributed by atoms with van der Waals surface area (Å²) in [6.07, 6.45) is 1.93. The lowest BCUT2D eigenvalue weighted by Gasteiger charge is -2.27. The van der Waals surface area contributed by atoms with Crippen LogP contribution < -0.4 is 0 Å². The summed E-state index contributed by atoms with van der Waals surface area (Å²) in [6, 6.07) is 3.30. The van der Waals surface area contributed by atoms with Gasteiger partial charge in [0.25, 0.3) is 0 Å². The summed E-state index contributed by atoms with van der Waals surface area (Å²) in [5, 5.41) is 9.14. The van der Waals surface area contributed by atoms with Crippen LogP contribution in [-0.4, -0.2) is 52.5 Å². The van der Waals surface area contributed by atoms with Gasteiger partial charge in [-0.05, 0) is 31.9 Å². The first-order chi connectivity index (χ1) is 9.88. The van der Waals surface area contributed by atoms with Crippen LogP contribution in [0.2, 0.25) is 4.34 Å². The van der Waals surface area contributed by atoms with Gasteiger partial charge in [-0.25, -0.2) is 0 Å². The number of amides is 1. The number of rotatable bonds is 7. The van der Waals surface area contributed by atoms with Crippen molar-refractivity contribution in [3.05, 3.63) is 21.3 Å². The molecule has 1 unspecified atom stereocenters. The molecule has 0 radical (unpaired) electrons. The van der Waals surface area contributed by atoms with Gasteiger partial charge >= 0.3 is 5.97 Å². The Kier molecular flexibility index (Phi) is 5.24. The van der Waals surface area contributed by atoms with E-state index in [1.165, 1.54) is 11.3 Å². The van der Waals surface area contributed by atoms with Gasteiger partial charge in [0.05, 0.1) is 17.4 Å². The quantitative estimate of drug-likeness (QED) is 0.833. The number of thiophene rings is 1. The van der Waals surface area contributed by atoms with E-state index in [-0.39, 0.29) is 18.5 Å². The Balaban J connectivity index is 1.93. The summed E-state index contributed by atoms with van der Waals surface area (Å²) in [4.78, 5) is 27.8. The van der Waals surface area contributed by atoms with Gasteiger partial charge in [-0.2, -0.15) is 0 Å². The maximum absolute atomic E-state index is 12.3. The number of hydrogen-bond donors (Lipinski definition) is 1. The Bertz CT molecular complexity index is 530. The number of carboxylic acid groups (broad SMARTS) is 1. The molecule has 1 aliphatic carbocycles. The number of carbonyl (C=O) groups is 2. The van der Waals surface area contributed by atoms with E-state index in [1.54, 1.807) is 23.8 Å². The number of hydrogen-bond acceptors (Lipinski definition) is 4. The zero-order valence-corrected chi connectivity index (χ0v) is 13.7. The molecule has 116 valence electrons. The number of halogens is 1. The van der Waals surface area contributed by atoms with E-state index in [0.717, 1.165) is 17.7 Å². The maximum atomic E-state index is 12.3. The Labute approximate surface area is 133 Å². The minimum absolute atomic E-state index is 0.0699. The smallest absolute Gasteiger partial charge is 0.320 e. The third-order valence-electron chi connectivity index (χ3n) is 3.64. The number of carbonyl (C=O) groups excluding carboxylic acids is 1. The molecule has 2 rings (SSSR count). The molecule has 1 heterocycles. The first kappa shape index (κ1) is 16.3. The molecule has 1 amide bonds. The fourth-order valence-corrected chi connectivity index (χ4v) is 3.31. The highest BCUT2D eigenvalue weighted by atomic mass is 35.5. The molecule has 1 aromatic rings. The Morgan fingerprint density at radius 1 is 1.48 bits per heavy atom. The largest absolute Gasteiger partial charge is 0.480 e. The van der Waals surface area contributed by atoms with Crippen molar-refractivity contribution in [2.24, 2.45) is 0 Å². The van der Waals surface area contributed by atoms with Gasteiger partial charge in [-0.15, -0.1) is 11.3 Å². The second-order valence-electron chi connectivity index (χ2n) is 5.37. The third-order valence-corrected chi connectivity index (χ3v) is 4.85. The predicted octanol–water partition coefficient (Wildman–Crippen LogP) is 2.30. The van der Waals surface area contributed by atoms with Gasteiger partial charge in [0.2, 0.25) is 5.91 Å². The molecule has 1 aliphatic rings. The molecule has 0 aromatic carbocycles. The number of aliphatic carboxylic acids is 1. The van der Waals surface area contributed by atoms with Crippen molar-refractivity contribution in [1.29, 1.82) is 0 Å². The van der Waals surface area contributed by atoms with Crippen LogP contribution in [0.25, 0.3) is 0 Å². The van der Waals surface area contributed by atoms with E-state index in [4.69, 9.17) is 16.7 Å². The van der Waals surface area contributed by atoms with Crippen LogP contribution in [0.1, 0.15) is 24.6 Å². The minimum atomic E-state index is -0.887. The summed E-state index contributed by atoms with van der Waals surface area (Å²) in [6.45, 7) is 2.27. The normalized spacial score (nSPS) is 16.0. The lowest BCUT2D eigenvalue weighted by molar-refractivity contribution is -0.144. The summed E-state index contributed by atoms with van der Waals surface area (Å²) in [5.41, 5.74) is 0. The zero-order valence-electron chi connectivity index (χ0n) is 12.1. The van der Waals surface area contributed by atoms with Crippen LogP contribution in [0.3, 0.4) is 0 Å². The molecule has 0 aliphatic heterocycles. The van der Waals surface area contributed by atoms with Crippen molar-refractivity contribution in [3.8, 4) is 0 Å². The molecule has 1 saturated carbocycles. The number of carboxylic acids is 1. The van der Waals surface area contributed by atoms with E-state index in [9.17, 15) is 9.59 Å². The molecular weight excluding hydrogens is 312 g/mol. The van der Waals surface area contributed by atoms with E-state index in [2.05, 4.69) is 0 Å². The highest BCUT2D eigenvalue weighted by molar-refractivity contribution is 7.16. The molecule has 7 heteroatoms. The van der Waals surface area contributed by atoms with Crippen molar-refractivity contribution < 1.29 is 14.7 Å². The topological polar surface area (TPSA) is 60.9 Å². The van der Waals surface area contributed by atoms with Gasteiger partial charge in [0.15, 0.2) is 0 Å². The maximum Gasteiger partial charge on any atom is 0.320 e. The minimum Gasteiger partial charge on any atom is -0.480 e. The van der Waals surface area contributed by atoms with Gasteiger partial charge in [-0.3, -0.25) is 14.5 Å². The highest BCUT2D eigenvalue weighted by Crippen LogP contribution is 2.29. The molecular formula is C14H19ClN2O3S. The Hall–Kier alpha value is -1.11. The van der Waals surface area contributed by atoms with E-state index >= 15 is 0 Å². The summed E-state index contributed by atoms with van der Waals surface area (Å²) in [5.74, 6) is -0.957. The van der Waals surface area contributed by atoms with E-state index < -0.39 is 12.0 Å². The van der Waals surface area contributed by atoms with Gasteiger partial charge in [0.1, 0.15) is 6.04 Å². The highest BCUT2D eigenvalue weighted by Gasteiger charge is 2.36. The fraction of sp³-hybridized carbons (Fsp3) is 0.571. The second kappa shape index (κ2) is 6.77. The van der Waals surface area contributed by atoms with Crippen LogP contribution in [0.4, 0.5) is 0 Å². The van der Waals surface area contributed by atoms with Crippen molar-refractivity contribution in [2.45, 2.75) is 38.4 Å². The van der Waals surface area contributed by atoms with Crippen molar-refractivity contribution in [3.63, 3.8) is 0 Å². The van der Waals surface area contributed by atoms with Gasteiger partial charge < -0.3 is 10.0 Å². The number of nitrogens with zero attached hydrogens (tertiary/aromatic N) is 2. The molecule has 0 spiro atoms. The molecule has 1 fully saturated rings. The third kappa shape index (κ3) is 4.43. The van der Waals surface area contributed by atoms with Gasteiger partial charge in [0, 0.05) is 18.0 Å². The molecule has 1 atom stereocenters. The molecule has 1 N–H and O–H groups in total. The lowest BCUT2D eigenvalue weighted by atomic mass is 10.2. The average molecular weight is 331 g/mol. The Morgan fingerprint density at radius 3 is 2.62 bits per heavy atom. The van der Waals surface area contributed by atoms with Crippen molar-refractivity contribution >= 4 is 34.8 Å². The van der Waals surface area contributed by atoms with Gasteiger partial charge in [-0.1, -0.05) is 11.6 Å². The first-order valence-electron chi connectivity index (χ1n) is 6.85. The monoisotopic (exact) mass is 330 g/mol. The van der Waals surface area contributed by atoms with Crippen LogP contribution in [0.15, 0.2) is 12.1 Å². The average Bonchev–Trinajstić information content (AvgIpc) is 3.18. The van der Waals surface area contributed by atoms with E-state index in [1.807, 2.05) is 12.1 Å². The lowest BCUT2D eigenvalue weighted by Crippen LogP contribution is -2.46. The van der Waals surface area contributed by atoms with Crippen molar-refractivity contribution in [1.82, 2.24) is 9.80 Å². The van der Waals surface area contributed by atoms with Crippen LogP contribution in [0, 0.1) is 0 Å².